The zero-order chi connectivity index (χ0) is 25.2. The Hall–Kier alpha value is -3.35. The van der Waals surface area contributed by atoms with Gasteiger partial charge in [-0.25, -0.2) is 4.79 Å². The van der Waals surface area contributed by atoms with Crippen molar-refractivity contribution < 1.29 is 24.2 Å². The summed E-state index contributed by atoms with van der Waals surface area (Å²) in [5, 5.41) is 14.5. The number of hydrogen-bond acceptors (Lipinski definition) is 4. The molecule has 1 aliphatic carbocycles. The molecule has 3 N–H and O–H groups in total. The maximum Gasteiger partial charge on any atom is 0.407 e. The number of carbonyl (C=O) groups is 3. The zero-order valence-corrected chi connectivity index (χ0v) is 20.6. The lowest BCUT2D eigenvalue weighted by atomic mass is 9.98. The third kappa shape index (κ3) is 7.57. The number of nitrogens with one attached hydrogen (secondary N) is 2. The molecule has 0 aromatic heterocycles. The molecular formula is C28H36N2O5. The van der Waals surface area contributed by atoms with Crippen LogP contribution in [0.15, 0.2) is 48.5 Å². The highest BCUT2D eigenvalue weighted by molar-refractivity contribution is 5.79. The molecule has 35 heavy (non-hydrogen) atoms. The molecule has 3 rings (SSSR count). The number of carbonyl (C=O) groups excluding carboxylic acids is 2. The molecule has 0 fully saturated rings. The van der Waals surface area contributed by atoms with Gasteiger partial charge in [-0.2, -0.15) is 0 Å². The van der Waals surface area contributed by atoms with Crippen molar-refractivity contribution in [3.63, 3.8) is 0 Å². The standard InChI is InChI=1S/C28H36N2O5/c1-3-8-20(17-26(31)29-16-15-19(2)13-14-27(32)33)30-28(34)35-18-25-23-11-6-4-9-21(23)22-10-5-7-12-24(22)25/h4-7,9-12,19-20,25H,3,8,13-18H2,1-2H3,(H,29,31)(H,30,34)(H,32,33)/t19?,20-/m1/s1. The molecule has 0 aliphatic heterocycles. The molecule has 0 saturated carbocycles. The first-order valence-corrected chi connectivity index (χ1v) is 12.5. The van der Waals surface area contributed by atoms with E-state index in [1.807, 2.05) is 38.1 Å². The molecule has 7 heteroatoms. The van der Waals surface area contributed by atoms with Crippen LogP contribution in [0.1, 0.15) is 69.4 Å². The van der Waals surface area contributed by atoms with Crippen LogP contribution >= 0.6 is 0 Å². The quantitative estimate of drug-likeness (QED) is 0.370. The second kappa shape index (κ2) is 12.9. The molecule has 188 valence electrons. The van der Waals surface area contributed by atoms with E-state index in [1.54, 1.807) is 0 Å². The van der Waals surface area contributed by atoms with Crippen LogP contribution < -0.4 is 10.6 Å². The number of ether oxygens (including phenoxy) is 1. The summed E-state index contributed by atoms with van der Waals surface area (Å²) < 4.78 is 5.63. The lowest BCUT2D eigenvalue weighted by molar-refractivity contribution is -0.137. The fourth-order valence-corrected chi connectivity index (χ4v) is 4.65. The Bertz CT molecular complexity index is 976. The Kier molecular flexibility index (Phi) is 9.70. The monoisotopic (exact) mass is 480 g/mol. The molecule has 2 aromatic carbocycles. The molecule has 0 radical (unpaired) electrons. The second-order valence-corrected chi connectivity index (χ2v) is 9.34. The predicted octanol–water partition coefficient (Wildman–Crippen LogP) is 5.09. The van der Waals surface area contributed by atoms with E-state index < -0.39 is 12.1 Å². The van der Waals surface area contributed by atoms with Gasteiger partial charge in [0.25, 0.3) is 0 Å². The summed E-state index contributed by atoms with van der Waals surface area (Å²) in [6, 6.07) is 16.1. The van der Waals surface area contributed by atoms with Gasteiger partial charge < -0.3 is 20.5 Å². The first-order chi connectivity index (χ1) is 16.9. The minimum absolute atomic E-state index is 0.0100. The third-order valence-corrected chi connectivity index (χ3v) is 6.54. The summed E-state index contributed by atoms with van der Waals surface area (Å²) in [6.07, 6.45) is 2.62. The van der Waals surface area contributed by atoms with Gasteiger partial charge in [0.05, 0.1) is 0 Å². The fraction of sp³-hybridized carbons (Fsp3) is 0.464. The summed E-state index contributed by atoms with van der Waals surface area (Å²) in [5.74, 6) is -0.726. The number of hydrogen-bond donors (Lipinski definition) is 3. The highest BCUT2D eigenvalue weighted by Crippen LogP contribution is 2.44. The Labute approximate surface area is 207 Å². The molecule has 1 aliphatic rings. The van der Waals surface area contributed by atoms with E-state index in [1.165, 1.54) is 11.1 Å². The van der Waals surface area contributed by atoms with Gasteiger partial charge in [0.2, 0.25) is 5.91 Å². The topological polar surface area (TPSA) is 105 Å². The van der Waals surface area contributed by atoms with Gasteiger partial charge in [-0.1, -0.05) is 68.8 Å². The van der Waals surface area contributed by atoms with E-state index in [0.29, 0.717) is 19.4 Å². The normalized spacial score (nSPS) is 13.9. The first kappa shape index (κ1) is 26.3. The molecule has 2 atom stereocenters. The van der Waals surface area contributed by atoms with Crippen LogP contribution in [-0.2, 0) is 14.3 Å². The van der Waals surface area contributed by atoms with Crippen molar-refractivity contribution in [1.29, 1.82) is 0 Å². The molecule has 0 heterocycles. The van der Waals surface area contributed by atoms with Crippen LogP contribution in [0.2, 0.25) is 0 Å². The summed E-state index contributed by atoms with van der Waals surface area (Å²) in [5.41, 5.74) is 4.66. The van der Waals surface area contributed by atoms with Crippen molar-refractivity contribution >= 4 is 18.0 Å². The lowest BCUT2D eigenvalue weighted by Crippen LogP contribution is -2.40. The minimum Gasteiger partial charge on any atom is -0.481 e. The van der Waals surface area contributed by atoms with Gasteiger partial charge in [0.1, 0.15) is 6.61 Å². The predicted molar refractivity (Wildman–Crippen MR) is 135 cm³/mol. The first-order valence-electron chi connectivity index (χ1n) is 12.5. The van der Waals surface area contributed by atoms with Crippen LogP contribution in [0.5, 0.6) is 0 Å². The van der Waals surface area contributed by atoms with Gasteiger partial charge in [-0.3, -0.25) is 9.59 Å². The average Bonchev–Trinajstić information content (AvgIpc) is 3.15. The van der Waals surface area contributed by atoms with E-state index >= 15 is 0 Å². The summed E-state index contributed by atoms with van der Waals surface area (Å²) in [4.78, 5) is 35.7. The van der Waals surface area contributed by atoms with Crippen LogP contribution in [0, 0.1) is 5.92 Å². The van der Waals surface area contributed by atoms with E-state index in [9.17, 15) is 14.4 Å². The number of rotatable bonds is 13. The van der Waals surface area contributed by atoms with E-state index in [-0.39, 0.29) is 43.2 Å². The number of aliphatic carboxylic acids is 1. The van der Waals surface area contributed by atoms with E-state index in [4.69, 9.17) is 9.84 Å². The zero-order valence-electron chi connectivity index (χ0n) is 20.6. The highest BCUT2D eigenvalue weighted by atomic mass is 16.5. The molecule has 0 bridgehead atoms. The maximum absolute atomic E-state index is 12.6. The van der Waals surface area contributed by atoms with Crippen molar-refractivity contribution in [1.82, 2.24) is 10.6 Å². The number of carboxylic acids is 1. The average molecular weight is 481 g/mol. The van der Waals surface area contributed by atoms with Gasteiger partial charge in [0.15, 0.2) is 0 Å². The number of alkyl carbamates (subject to hydrolysis) is 1. The van der Waals surface area contributed by atoms with Crippen molar-refractivity contribution in [3.8, 4) is 11.1 Å². The van der Waals surface area contributed by atoms with Crippen molar-refractivity contribution in [3.05, 3.63) is 59.7 Å². The number of amides is 2. The largest absolute Gasteiger partial charge is 0.481 e. The van der Waals surface area contributed by atoms with Crippen LogP contribution in [0.4, 0.5) is 4.79 Å². The van der Waals surface area contributed by atoms with Gasteiger partial charge in [0, 0.05) is 31.3 Å². The summed E-state index contributed by atoms with van der Waals surface area (Å²) in [7, 11) is 0. The molecule has 2 amide bonds. The number of benzene rings is 2. The van der Waals surface area contributed by atoms with Crippen molar-refractivity contribution in [2.24, 2.45) is 5.92 Å². The molecule has 7 nitrogen and oxygen atoms in total. The van der Waals surface area contributed by atoms with Crippen LogP contribution in [-0.4, -0.2) is 42.3 Å². The minimum atomic E-state index is -0.803. The van der Waals surface area contributed by atoms with Gasteiger partial charge >= 0.3 is 12.1 Å². The van der Waals surface area contributed by atoms with Gasteiger partial charge in [-0.15, -0.1) is 0 Å². The molecule has 2 aromatic rings. The Morgan fingerprint density at radius 1 is 0.971 bits per heavy atom. The second-order valence-electron chi connectivity index (χ2n) is 9.34. The Morgan fingerprint density at radius 3 is 2.20 bits per heavy atom. The van der Waals surface area contributed by atoms with Crippen LogP contribution in [0.25, 0.3) is 11.1 Å². The molecule has 0 spiro atoms. The lowest BCUT2D eigenvalue weighted by Gasteiger charge is -2.20. The molecule has 1 unspecified atom stereocenters. The number of carboxylic acid groups (broad SMARTS) is 1. The van der Waals surface area contributed by atoms with Crippen LogP contribution in [0.3, 0.4) is 0 Å². The Balaban J connectivity index is 1.47. The third-order valence-electron chi connectivity index (χ3n) is 6.54. The molecular weight excluding hydrogens is 444 g/mol. The smallest absolute Gasteiger partial charge is 0.407 e. The SMILES string of the molecule is CCC[C@H](CC(=O)NCCC(C)CCC(=O)O)NC(=O)OCC1c2ccccc2-c2ccccc21. The van der Waals surface area contributed by atoms with E-state index in [2.05, 4.69) is 34.9 Å². The fourth-order valence-electron chi connectivity index (χ4n) is 4.65. The summed E-state index contributed by atoms with van der Waals surface area (Å²) >= 11 is 0. The maximum atomic E-state index is 12.6. The van der Waals surface area contributed by atoms with Gasteiger partial charge in [-0.05, 0) is 47.4 Å². The Morgan fingerprint density at radius 2 is 1.60 bits per heavy atom. The summed E-state index contributed by atoms with van der Waals surface area (Å²) in [6.45, 7) is 4.71. The highest BCUT2D eigenvalue weighted by Gasteiger charge is 2.29. The number of fused-ring (bicyclic) bond motifs is 3. The molecule has 0 saturated heterocycles. The van der Waals surface area contributed by atoms with Crippen molar-refractivity contribution in [2.45, 2.75) is 64.3 Å². The van der Waals surface area contributed by atoms with Crippen molar-refractivity contribution in [2.75, 3.05) is 13.2 Å². The van der Waals surface area contributed by atoms with E-state index in [0.717, 1.165) is 24.0 Å².